The summed E-state index contributed by atoms with van der Waals surface area (Å²) in [5.41, 5.74) is 5.33. The summed E-state index contributed by atoms with van der Waals surface area (Å²) in [4.78, 5) is 32.3. The van der Waals surface area contributed by atoms with Crippen molar-refractivity contribution in [2.24, 2.45) is 0 Å². The number of fused-ring (bicyclic) bond motifs is 1. The van der Waals surface area contributed by atoms with E-state index in [1.54, 1.807) is 0 Å². The fraction of sp³-hybridized carbons (Fsp3) is 0.643. The molecule has 0 amide bonds. The number of aliphatic hydroxyl groups is 2. The minimum Gasteiger partial charge on any atom is -0.387 e. The number of nitrogens with two attached hydrogens (primary N) is 1. The zero-order valence-corrected chi connectivity index (χ0v) is 16.0. The molecule has 15 heteroatoms. The third kappa shape index (κ3) is 3.69. The number of ether oxygens (including phenoxy) is 2. The molecule has 0 aromatic carbocycles. The van der Waals surface area contributed by atoms with Crippen molar-refractivity contribution in [2.45, 2.75) is 24.5 Å². The lowest BCUT2D eigenvalue weighted by atomic mass is 10.1. The summed E-state index contributed by atoms with van der Waals surface area (Å²) in [6.45, 7) is 0.600. The van der Waals surface area contributed by atoms with Crippen LogP contribution < -0.4 is 11.3 Å². The van der Waals surface area contributed by atoms with Crippen LogP contribution in [0, 0.1) is 0 Å². The predicted molar refractivity (Wildman–Crippen MR) is 96.7 cm³/mol. The predicted octanol–water partition coefficient (Wildman–Crippen LogP) is -2.23. The van der Waals surface area contributed by atoms with Crippen LogP contribution in [0.5, 0.6) is 0 Å². The average Bonchev–Trinajstić information content (AvgIpc) is 3.18. The van der Waals surface area contributed by atoms with Crippen molar-refractivity contribution in [3.8, 4) is 0 Å². The monoisotopic (exact) mass is 432 g/mol. The molecule has 160 valence electrons. The number of H-pyrrole nitrogens is 1. The summed E-state index contributed by atoms with van der Waals surface area (Å²) in [5, 5.41) is 20.8. The lowest BCUT2D eigenvalue weighted by molar-refractivity contribution is -0.0497. The fourth-order valence-corrected chi connectivity index (χ4v) is 4.50. The third-order valence-corrected chi connectivity index (χ3v) is 6.45. The van der Waals surface area contributed by atoms with E-state index in [-0.39, 0.29) is 30.2 Å². The second kappa shape index (κ2) is 7.74. The standard InChI is InChI=1S/C14H21N6O8P/c15-14-18-8-11(16-6-17-12(8)23)20(14)13-10(22)9(21)7(28-13)5-27-29(24,25)19-1-3-26-4-2-19/h6-7,9-10,13,21-22H,1-5H2,(H2,15,18)(H,24,25)(H,16,17,23)/t7-,9-,10-,13-/m1/s1. The van der Waals surface area contributed by atoms with E-state index in [2.05, 4.69) is 15.0 Å². The van der Waals surface area contributed by atoms with Gasteiger partial charge < -0.3 is 35.3 Å². The van der Waals surface area contributed by atoms with E-state index in [0.717, 1.165) is 6.33 Å². The molecule has 0 saturated carbocycles. The van der Waals surface area contributed by atoms with Crippen molar-refractivity contribution >= 4 is 24.9 Å². The van der Waals surface area contributed by atoms with Gasteiger partial charge in [-0.15, -0.1) is 0 Å². The average molecular weight is 432 g/mol. The largest absolute Gasteiger partial charge is 0.405 e. The van der Waals surface area contributed by atoms with E-state index in [9.17, 15) is 24.5 Å². The maximum absolute atomic E-state index is 12.4. The molecule has 2 aromatic rings. The van der Waals surface area contributed by atoms with Gasteiger partial charge in [-0.2, -0.15) is 0 Å². The first-order valence-corrected chi connectivity index (χ1v) is 10.4. The minimum absolute atomic E-state index is 0.0535. The molecule has 0 bridgehead atoms. The molecule has 4 heterocycles. The van der Waals surface area contributed by atoms with E-state index < -0.39 is 44.5 Å². The molecular weight excluding hydrogens is 411 g/mol. The van der Waals surface area contributed by atoms with Gasteiger partial charge in [0, 0.05) is 13.1 Å². The number of aromatic nitrogens is 4. The molecule has 2 aliphatic heterocycles. The van der Waals surface area contributed by atoms with Crippen molar-refractivity contribution in [1.29, 1.82) is 0 Å². The molecule has 1 unspecified atom stereocenters. The summed E-state index contributed by atoms with van der Waals surface area (Å²) >= 11 is 0. The lowest BCUT2D eigenvalue weighted by Crippen LogP contribution is -2.36. The zero-order chi connectivity index (χ0) is 20.8. The molecule has 5 atom stereocenters. The first-order chi connectivity index (χ1) is 13.8. The second-order valence-electron chi connectivity index (χ2n) is 6.64. The Balaban J connectivity index is 1.51. The molecule has 29 heavy (non-hydrogen) atoms. The van der Waals surface area contributed by atoms with E-state index in [1.807, 2.05) is 0 Å². The van der Waals surface area contributed by atoms with Gasteiger partial charge >= 0.3 is 7.75 Å². The number of aromatic amines is 1. The summed E-state index contributed by atoms with van der Waals surface area (Å²) in [6, 6.07) is 0. The summed E-state index contributed by atoms with van der Waals surface area (Å²) in [7, 11) is -4.12. The van der Waals surface area contributed by atoms with E-state index in [0.29, 0.717) is 13.2 Å². The van der Waals surface area contributed by atoms with Crippen molar-refractivity contribution < 1.29 is 33.7 Å². The molecule has 14 nitrogen and oxygen atoms in total. The summed E-state index contributed by atoms with van der Waals surface area (Å²) < 4.78 is 30.7. The van der Waals surface area contributed by atoms with Gasteiger partial charge in [0.2, 0.25) is 5.95 Å². The molecule has 2 fully saturated rings. The molecule has 2 aromatic heterocycles. The Morgan fingerprint density at radius 3 is 2.79 bits per heavy atom. The van der Waals surface area contributed by atoms with Crippen molar-refractivity contribution in [3.05, 3.63) is 16.7 Å². The van der Waals surface area contributed by atoms with Crippen molar-refractivity contribution in [2.75, 3.05) is 38.6 Å². The van der Waals surface area contributed by atoms with Gasteiger partial charge in [0.15, 0.2) is 17.4 Å². The molecule has 4 rings (SSSR count). The van der Waals surface area contributed by atoms with Crippen LogP contribution in [0.25, 0.3) is 11.2 Å². The summed E-state index contributed by atoms with van der Waals surface area (Å²) in [5.74, 6) is -0.150. The molecule has 0 aliphatic carbocycles. The Hall–Kier alpha value is -1.90. The van der Waals surface area contributed by atoms with Crippen LogP contribution in [-0.4, -0.2) is 90.5 Å². The van der Waals surface area contributed by atoms with Gasteiger partial charge in [0.1, 0.15) is 18.3 Å². The Morgan fingerprint density at radius 2 is 2.07 bits per heavy atom. The molecular formula is C14H21N6O8P. The second-order valence-corrected chi connectivity index (χ2v) is 8.45. The Bertz CT molecular complexity index is 990. The van der Waals surface area contributed by atoms with Gasteiger partial charge in [0.05, 0.1) is 26.1 Å². The van der Waals surface area contributed by atoms with Crippen LogP contribution in [-0.2, 0) is 18.6 Å². The molecule has 0 spiro atoms. The van der Waals surface area contributed by atoms with Gasteiger partial charge in [-0.05, 0) is 0 Å². The van der Waals surface area contributed by atoms with E-state index in [1.165, 1.54) is 9.24 Å². The first-order valence-electron chi connectivity index (χ1n) is 8.83. The maximum Gasteiger partial charge on any atom is 0.405 e. The number of imidazole rings is 1. The van der Waals surface area contributed by atoms with Crippen molar-refractivity contribution in [3.63, 3.8) is 0 Å². The highest BCUT2D eigenvalue weighted by Gasteiger charge is 2.46. The Kier molecular flexibility index (Phi) is 5.44. The van der Waals surface area contributed by atoms with Crippen LogP contribution in [0.15, 0.2) is 11.1 Å². The maximum atomic E-state index is 12.4. The molecule has 2 aliphatic rings. The number of hydrogen-bond donors (Lipinski definition) is 5. The third-order valence-electron chi connectivity index (χ3n) is 4.85. The fourth-order valence-electron chi connectivity index (χ4n) is 3.33. The minimum atomic E-state index is -4.12. The number of hydrogen-bond acceptors (Lipinski definition) is 10. The number of nitrogens with zero attached hydrogens (tertiary/aromatic N) is 4. The number of rotatable bonds is 5. The normalized spacial score (nSPS) is 30.6. The Morgan fingerprint density at radius 1 is 1.34 bits per heavy atom. The van der Waals surface area contributed by atoms with Gasteiger partial charge in [-0.25, -0.2) is 19.2 Å². The van der Waals surface area contributed by atoms with Crippen LogP contribution in [0.4, 0.5) is 5.95 Å². The molecule has 2 saturated heterocycles. The van der Waals surface area contributed by atoms with Crippen molar-refractivity contribution in [1.82, 2.24) is 24.2 Å². The van der Waals surface area contributed by atoms with Crippen LogP contribution in [0.1, 0.15) is 6.23 Å². The van der Waals surface area contributed by atoms with Gasteiger partial charge in [0.25, 0.3) is 5.56 Å². The smallest absolute Gasteiger partial charge is 0.387 e. The highest BCUT2D eigenvalue weighted by atomic mass is 31.2. The van der Waals surface area contributed by atoms with Crippen LogP contribution in [0.3, 0.4) is 0 Å². The number of morpholine rings is 1. The van der Waals surface area contributed by atoms with Gasteiger partial charge in [-0.3, -0.25) is 13.9 Å². The SMILES string of the molecule is Nc1nc2c(=O)[nH]cnc2n1[C@@H]1O[C@H](COP(=O)(O)N2CCOCC2)[C@@H](O)[C@H]1O. The number of aliphatic hydroxyl groups excluding tert-OH is 2. The van der Waals surface area contributed by atoms with Crippen LogP contribution >= 0.6 is 7.75 Å². The lowest BCUT2D eigenvalue weighted by Gasteiger charge is -2.30. The first kappa shape index (κ1) is 20.4. The number of anilines is 1. The number of nitrogen functional groups attached to an aromatic ring is 1. The highest BCUT2D eigenvalue weighted by Crippen LogP contribution is 2.47. The van der Waals surface area contributed by atoms with E-state index in [4.69, 9.17) is 19.7 Å². The number of nitrogens with one attached hydrogen (secondary N) is 1. The van der Waals surface area contributed by atoms with Gasteiger partial charge in [-0.1, -0.05) is 0 Å². The highest BCUT2D eigenvalue weighted by molar-refractivity contribution is 7.50. The van der Waals surface area contributed by atoms with Crippen LogP contribution in [0.2, 0.25) is 0 Å². The molecule has 0 radical (unpaired) electrons. The molecule has 6 N–H and O–H groups in total. The quantitative estimate of drug-likeness (QED) is 0.319. The zero-order valence-electron chi connectivity index (χ0n) is 15.1. The topological polar surface area (TPSA) is 198 Å². The Labute approximate surface area is 163 Å². The summed E-state index contributed by atoms with van der Waals surface area (Å²) in [6.07, 6.45) is -4.12. The van der Waals surface area contributed by atoms with E-state index >= 15 is 0 Å².